The normalized spacial score (nSPS) is 9.06. The molecule has 5 heteroatoms. The summed E-state index contributed by atoms with van der Waals surface area (Å²) in [6.45, 7) is 1.58. The molecule has 2 aromatic heterocycles. The number of hydrogen-bond acceptors (Lipinski definition) is 4. The lowest BCUT2D eigenvalue weighted by atomic mass is 10.4. The highest BCUT2D eigenvalue weighted by molar-refractivity contribution is 7.12. The SMILES string of the molecule is CC(=O)c1cccs1.O=C(O)c1cccs1. The summed E-state index contributed by atoms with van der Waals surface area (Å²) in [6, 6.07) is 7.00. The van der Waals surface area contributed by atoms with Crippen molar-refractivity contribution in [2.45, 2.75) is 6.92 Å². The van der Waals surface area contributed by atoms with E-state index < -0.39 is 5.97 Å². The molecule has 3 nitrogen and oxygen atoms in total. The Morgan fingerprint density at radius 1 is 1.06 bits per heavy atom. The van der Waals surface area contributed by atoms with Crippen LogP contribution in [0.15, 0.2) is 35.0 Å². The number of carbonyl (C=O) groups excluding carboxylic acids is 1. The van der Waals surface area contributed by atoms with Crippen molar-refractivity contribution >= 4 is 34.4 Å². The topological polar surface area (TPSA) is 54.4 Å². The number of Topliss-reactive ketones (excluding diaryl/α,β-unsaturated/α-hetero) is 1. The molecule has 84 valence electrons. The first-order chi connectivity index (χ1) is 7.61. The maximum atomic E-state index is 10.5. The maximum Gasteiger partial charge on any atom is 0.345 e. The lowest BCUT2D eigenvalue weighted by Crippen LogP contribution is -1.89. The number of thiophene rings is 2. The number of carboxylic acids is 1. The molecule has 2 rings (SSSR count). The quantitative estimate of drug-likeness (QED) is 0.836. The van der Waals surface area contributed by atoms with Gasteiger partial charge in [-0.1, -0.05) is 12.1 Å². The maximum absolute atomic E-state index is 10.5. The molecule has 0 aliphatic heterocycles. The van der Waals surface area contributed by atoms with Crippen LogP contribution in [0.1, 0.15) is 26.3 Å². The van der Waals surface area contributed by atoms with Gasteiger partial charge in [-0.3, -0.25) is 4.79 Å². The summed E-state index contributed by atoms with van der Waals surface area (Å²) in [7, 11) is 0. The minimum Gasteiger partial charge on any atom is -0.477 e. The number of hydrogen-bond donors (Lipinski definition) is 1. The molecule has 0 bridgehead atoms. The van der Waals surface area contributed by atoms with Crippen molar-refractivity contribution < 1.29 is 14.7 Å². The van der Waals surface area contributed by atoms with Gasteiger partial charge in [0.15, 0.2) is 5.78 Å². The highest BCUT2D eigenvalue weighted by Crippen LogP contribution is 2.08. The van der Waals surface area contributed by atoms with Crippen LogP contribution in [0.4, 0.5) is 0 Å². The number of carboxylic acid groups (broad SMARTS) is 1. The Balaban J connectivity index is 0.000000160. The number of ketones is 1. The lowest BCUT2D eigenvalue weighted by Gasteiger charge is -1.79. The van der Waals surface area contributed by atoms with Gasteiger partial charge in [0.05, 0.1) is 4.88 Å². The van der Waals surface area contributed by atoms with Gasteiger partial charge in [0, 0.05) is 0 Å². The van der Waals surface area contributed by atoms with Gasteiger partial charge in [-0.2, -0.15) is 0 Å². The van der Waals surface area contributed by atoms with Crippen molar-refractivity contribution in [2.75, 3.05) is 0 Å². The zero-order chi connectivity index (χ0) is 12.0. The lowest BCUT2D eigenvalue weighted by molar-refractivity contribution is 0.0702. The first-order valence-corrected chi connectivity index (χ1v) is 6.18. The van der Waals surface area contributed by atoms with Crippen molar-refractivity contribution in [1.29, 1.82) is 0 Å². The third-order valence-electron chi connectivity index (χ3n) is 1.60. The molecular weight excluding hydrogens is 244 g/mol. The Kier molecular flexibility index (Phi) is 4.88. The van der Waals surface area contributed by atoms with Crippen LogP contribution in [0.2, 0.25) is 0 Å². The summed E-state index contributed by atoms with van der Waals surface area (Å²) in [5.74, 6) is -0.694. The summed E-state index contributed by atoms with van der Waals surface area (Å²) in [6.07, 6.45) is 0. The van der Waals surface area contributed by atoms with Crippen molar-refractivity contribution in [3.05, 3.63) is 44.8 Å². The molecule has 0 spiro atoms. The summed E-state index contributed by atoms with van der Waals surface area (Å²) in [5.41, 5.74) is 0. The molecule has 2 aromatic rings. The predicted molar refractivity (Wildman–Crippen MR) is 65.6 cm³/mol. The van der Waals surface area contributed by atoms with E-state index in [1.165, 1.54) is 22.7 Å². The van der Waals surface area contributed by atoms with E-state index in [1.54, 1.807) is 24.4 Å². The Morgan fingerprint density at radius 3 is 1.75 bits per heavy atom. The monoisotopic (exact) mass is 254 g/mol. The molecule has 0 saturated heterocycles. The molecule has 0 aliphatic rings. The van der Waals surface area contributed by atoms with Crippen LogP contribution in [0.5, 0.6) is 0 Å². The molecule has 0 saturated carbocycles. The highest BCUT2D eigenvalue weighted by atomic mass is 32.1. The molecule has 0 aromatic carbocycles. The predicted octanol–water partition coefficient (Wildman–Crippen LogP) is 3.40. The summed E-state index contributed by atoms with van der Waals surface area (Å²) in [4.78, 5) is 21.8. The van der Waals surface area contributed by atoms with Crippen molar-refractivity contribution in [2.24, 2.45) is 0 Å². The molecule has 0 amide bonds. The minimum absolute atomic E-state index is 0.153. The van der Waals surface area contributed by atoms with Crippen molar-refractivity contribution in [3.8, 4) is 0 Å². The Morgan fingerprint density at radius 2 is 1.56 bits per heavy atom. The van der Waals surface area contributed by atoms with E-state index in [1.807, 2.05) is 17.5 Å². The minimum atomic E-state index is -0.847. The fourth-order valence-corrected chi connectivity index (χ4v) is 2.07. The zero-order valence-electron chi connectivity index (χ0n) is 8.54. The highest BCUT2D eigenvalue weighted by Gasteiger charge is 1.99. The van der Waals surface area contributed by atoms with E-state index in [4.69, 9.17) is 5.11 Å². The van der Waals surface area contributed by atoms with Crippen LogP contribution < -0.4 is 0 Å². The summed E-state index contributed by atoms with van der Waals surface area (Å²) < 4.78 is 0. The van der Waals surface area contributed by atoms with Crippen LogP contribution in [0.25, 0.3) is 0 Å². The summed E-state index contributed by atoms with van der Waals surface area (Å²) >= 11 is 2.71. The van der Waals surface area contributed by atoms with Gasteiger partial charge in [0.25, 0.3) is 0 Å². The van der Waals surface area contributed by atoms with Gasteiger partial charge in [-0.25, -0.2) is 4.79 Å². The fourth-order valence-electron chi connectivity index (χ4n) is 0.879. The van der Waals surface area contributed by atoms with E-state index in [9.17, 15) is 9.59 Å². The van der Waals surface area contributed by atoms with E-state index in [0.717, 1.165) is 4.88 Å². The Hall–Kier alpha value is -1.46. The van der Waals surface area contributed by atoms with Gasteiger partial charge >= 0.3 is 5.97 Å². The van der Waals surface area contributed by atoms with Crippen LogP contribution in [-0.2, 0) is 0 Å². The average Bonchev–Trinajstić information content (AvgIpc) is 2.93. The number of aromatic carboxylic acids is 1. The number of rotatable bonds is 2. The molecule has 0 unspecified atom stereocenters. The molecule has 16 heavy (non-hydrogen) atoms. The van der Waals surface area contributed by atoms with Crippen molar-refractivity contribution in [1.82, 2.24) is 0 Å². The van der Waals surface area contributed by atoms with Gasteiger partial charge in [-0.15, -0.1) is 22.7 Å². The molecule has 0 atom stereocenters. The Bertz CT molecular complexity index is 399. The standard InChI is InChI=1S/C6H6OS.C5H4O2S/c1-5(7)6-3-2-4-8-6;6-5(7)4-2-1-3-8-4/h2-4H,1H3;1-3H,(H,6,7). The van der Waals surface area contributed by atoms with Gasteiger partial charge in [0.1, 0.15) is 4.88 Å². The second-order valence-corrected chi connectivity index (χ2v) is 4.71. The van der Waals surface area contributed by atoms with E-state index in [0.29, 0.717) is 4.88 Å². The second-order valence-electron chi connectivity index (χ2n) is 2.82. The molecular formula is C11H10O3S2. The summed E-state index contributed by atoms with van der Waals surface area (Å²) in [5, 5.41) is 11.9. The van der Waals surface area contributed by atoms with Crippen molar-refractivity contribution in [3.63, 3.8) is 0 Å². The van der Waals surface area contributed by atoms with E-state index >= 15 is 0 Å². The van der Waals surface area contributed by atoms with E-state index in [2.05, 4.69) is 0 Å². The first-order valence-electron chi connectivity index (χ1n) is 4.42. The average molecular weight is 254 g/mol. The van der Waals surface area contributed by atoms with Crippen LogP contribution in [0, 0.1) is 0 Å². The smallest absolute Gasteiger partial charge is 0.345 e. The third-order valence-corrected chi connectivity index (χ3v) is 3.43. The fraction of sp³-hybridized carbons (Fsp3) is 0.0909. The van der Waals surface area contributed by atoms with Crippen LogP contribution >= 0.6 is 22.7 Å². The third kappa shape index (κ3) is 3.96. The van der Waals surface area contributed by atoms with Gasteiger partial charge in [0.2, 0.25) is 0 Å². The Labute approximate surface area is 101 Å². The van der Waals surface area contributed by atoms with Crippen LogP contribution in [0.3, 0.4) is 0 Å². The molecule has 0 fully saturated rings. The first kappa shape index (κ1) is 12.6. The largest absolute Gasteiger partial charge is 0.477 e. The van der Waals surface area contributed by atoms with Gasteiger partial charge in [-0.05, 0) is 29.8 Å². The zero-order valence-corrected chi connectivity index (χ0v) is 10.2. The van der Waals surface area contributed by atoms with E-state index in [-0.39, 0.29) is 5.78 Å². The van der Waals surface area contributed by atoms with Crippen LogP contribution in [-0.4, -0.2) is 16.9 Å². The number of carbonyl (C=O) groups is 2. The molecule has 2 heterocycles. The molecule has 0 radical (unpaired) electrons. The van der Waals surface area contributed by atoms with Gasteiger partial charge < -0.3 is 5.11 Å². The molecule has 0 aliphatic carbocycles. The second kappa shape index (κ2) is 6.19. The molecule has 1 N–H and O–H groups in total.